The maximum atomic E-state index is 14.1. The minimum atomic E-state index is -4.80. The highest BCUT2D eigenvalue weighted by atomic mass is 19.4. The van der Waals surface area contributed by atoms with Gasteiger partial charge in [-0.05, 0) is 59.1 Å². The van der Waals surface area contributed by atoms with Crippen molar-refractivity contribution in [2.45, 2.75) is 78.7 Å². The Morgan fingerprint density at radius 3 is 2.23 bits per heavy atom. The molecule has 1 unspecified atom stereocenters. The first kappa shape index (κ1) is 29.9. The Bertz CT molecular complexity index is 1300. The van der Waals surface area contributed by atoms with E-state index in [0.717, 1.165) is 24.4 Å². The molecule has 2 aromatic heterocycles. The number of pyridine rings is 1. The van der Waals surface area contributed by atoms with Crippen LogP contribution in [-0.2, 0) is 18.1 Å². The topological polar surface area (TPSA) is 98.5 Å². The van der Waals surface area contributed by atoms with Crippen LogP contribution < -0.4 is 14.8 Å². The second-order valence-electron chi connectivity index (χ2n) is 10.4. The Hall–Kier alpha value is -3.60. The second kappa shape index (κ2) is 11.6. The molecule has 1 aromatic carbocycles. The van der Waals surface area contributed by atoms with Gasteiger partial charge in [0.25, 0.3) is 5.91 Å². The molecule has 39 heavy (non-hydrogen) atoms. The molecule has 11 heteroatoms. The van der Waals surface area contributed by atoms with E-state index < -0.39 is 46.8 Å². The van der Waals surface area contributed by atoms with Gasteiger partial charge in [-0.15, -0.1) is 0 Å². The molecule has 0 aliphatic heterocycles. The quantitative estimate of drug-likeness (QED) is 0.342. The van der Waals surface area contributed by atoms with Gasteiger partial charge in [-0.25, -0.2) is 4.68 Å². The van der Waals surface area contributed by atoms with Crippen LogP contribution in [0.4, 0.5) is 13.2 Å². The normalized spacial score (nSPS) is 12.9. The van der Waals surface area contributed by atoms with Crippen molar-refractivity contribution in [1.29, 1.82) is 0 Å². The molecule has 3 rings (SSSR count). The molecular weight excluding hydrogens is 513 g/mol. The SMILES string of the molecule is CCc1ccc(C(CO)NC(=O)c2nn(C(C)(C)C)c(Oc3cncc(OC(C)C)c3C(F)(F)F)c2C)cc1. The molecule has 0 saturated carbocycles. The average molecular weight is 549 g/mol. The molecule has 0 aliphatic rings. The summed E-state index contributed by atoms with van der Waals surface area (Å²) in [7, 11) is 0. The van der Waals surface area contributed by atoms with Gasteiger partial charge in [0, 0.05) is 5.56 Å². The van der Waals surface area contributed by atoms with Gasteiger partial charge in [0.15, 0.2) is 17.2 Å². The van der Waals surface area contributed by atoms with E-state index in [1.807, 2.05) is 31.2 Å². The number of aliphatic hydroxyl groups excluding tert-OH is 1. The molecular formula is C28H35F3N4O4. The number of carbonyl (C=O) groups excluding carboxylic acids is 1. The Morgan fingerprint density at radius 1 is 1.10 bits per heavy atom. The van der Waals surface area contributed by atoms with E-state index in [1.54, 1.807) is 41.5 Å². The molecule has 1 atom stereocenters. The lowest BCUT2D eigenvalue weighted by atomic mass is 10.0. The Morgan fingerprint density at radius 2 is 1.72 bits per heavy atom. The fourth-order valence-electron chi connectivity index (χ4n) is 3.94. The Balaban J connectivity index is 2.04. The number of amides is 1. The van der Waals surface area contributed by atoms with Crippen molar-refractivity contribution in [2.24, 2.45) is 0 Å². The number of rotatable bonds is 9. The largest absolute Gasteiger partial charge is 0.489 e. The van der Waals surface area contributed by atoms with Gasteiger partial charge in [-0.2, -0.15) is 18.3 Å². The predicted molar refractivity (Wildman–Crippen MR) is 140 cm³/mol. The fraction of sp³-hybridized carbons (Fsp3) is 0.464. The van der Waals surface area contributed by atoms with Gasteiger partial charge < -0.3 is 19.9 Å². The highest BCUT2D eigenvalue weighted by molar-refractivity contribution is 5.94. The monoisotopic (exact) mass is 548 g/mol. The molecule has 1 amide bonds. The van der Waals surface area contributed by atoms with Gasteiger partial charge in [0.1, 0.15) is 5.56 Å². The summed E-state index contributed by atoms with van der Waals surface area (Å²) in [6.45, 7) is 11.8. The smallest absolute Gasteiger partial charge is 0.423 e. The maximum absolute atomic E-state index is 14.1. The van der Waals surface area contributed by atoms with Crippen molar-refractivity contribution < 1.29 is 32.5 Å². The lowest BCUT2D eigenvalue weighted by Gasteiger charge is -2.23. The third-order valence-electron chi connectivity index (χ3n) is 5.93. The van der Waals surface area contributed by atoms with Crippen molar-refractivity contribution in [2.75, 3.05) is 6.61 Å². The summed E-state index contributed by atoms with van der Waals surface area (Å²) in [6.07, 6.45) is -2.54. The molecule has 0 aliphatic carbocycles. The first-order valence-corrected chi connectivity index (χ1v) is 12.7. The molecule has 212 valence electrons. The highest BCUT2D eigenvalue weighted by Gasteiger charge is 2.40. The summed E-state index contributed by atoms with van der Waals surface area (Å²) in [5.41, 5.74) is 0.120. The predicted octanol–water partition coefficient (Wildman–Crippen LogP) is 5.97. The zero-order chi connectivity index (χ0) is 29.1. The number of aromatic nitrogens is 3. The van der Waals surface area contributed by atoms with E-state index in [-0.39, 0.29) is 23.7 Å². The lowest BCUT2D eigenvalue weighted by Crippen LogP contribution is -2.32. The van der Waals surface area contributed by atoms with Crippen LogP contribution in [0.25, 0.3) is 0 Å². The van der Waals surface area contributed by atoms with Crippen LogP contribution in [0.3, 0.4) is 0 Å². The number of nitrogens with zero attached hydrogens (tertiary/aromatic N) is 3. The van der Waals surface area contributed by atoms with Crippen molar-refractivity contribution in [3.05, 3.63) is 64.6 Å². The third kappa shape index (κ3) is 6.89. The number of carbonyl (C=O) groups is 1. The molecule has 0 spiro atoms. The molecule has 0 saturated heterocycles. The van der Waals surface area contributed by atoms with E-state index >= 15 is 0 Å². The van der Waals surface area contributed by atoms with Crippen molar-refractivity contribution in [1.82, 2.24) is 20.1 Å². The van der Waals surface area contributed by atoms with Gasteiger partial charge in [-0.3, -0.25) is 9.78 Å². The summed E-state index contributed by atoms with van der Waals surface area (Å²) in [6, 6.07) is 6.77. The summed E-state index contributed by atoms with van der Waals surface area (Å²) in [5.74, 6) is -1.70. The number of aryl methyl sites for hydroxylation is 1. The summed E-state index contributed by atoms with van der Waals surface area (Å²) in [4.78, 5) is 17.2. The second-order valence-corrected chi connectivity index (χ2v) is 10.4. The first-order valence-electron chi connectivity index (χ1n) is 12.7. The highest BCUT2D eigenvalue weighted by Crippen LogP contribution is 2.44. The van der Waals surface area contributed by atoms with Crippen molar-refractivity contribution >= 4 is 5.91 Å². The number of nitrogens with one attached hydrogen (secondary N) is 1. The number of halogens is 3. The molecule has 2 N–H and O–H groups in total. The Labute approximate surface area is 226 Å². The van der Waals surface area contributed by atoms with Crippen LogP contribution in [0.5, 0.6) is 17.4 Å². The van der Waals surface area contributed by atoms with E-state index in [2.05, 4.69) is 15.4 Å². The van der Waals surface area contributed by atoms with Crippen molar-refractivity contribution in [3.63, 3.8) is 0 Å². The first-order chi connectivity index (χ1) is 18.2. The van der Waals surface area contributed by atoms with E-state index in [0.29, 0.717) is 5.56 Å². The summed E-state index contributed by atoms with van der Waals surface area (Å²) >= 11 is 0. The Kier molecular flexibility index (Phi) is 8.94. The fourth-order valence-corrected chi connectivity index (χ4v) is 3.94. The van der Waals surface area contributed by atoms with E-state index in [9.17, 15) is 23.1 Å². The molecule has 0 radical (unpaired) electrons. The summed E-state index contributed by atoms with van der Waals surface area (Å²) < 4.78 is 54.9. The van der Waals surface area contributed by atoms with Crippen LogP contribution >= 0.6 is 0 Å². The van der Waals surface area contributed by atoms with Crippen LogP contribution in [0, 0.1) is 6.92 Å². The van der Waals surface area contributed by atoms with E-state index in [1.165, 1.54) is 4.68 Å². The zero-order valence-corrected chi connectivity index (χ0v) is 23.2. The number of aliphatic hydroxyl groups is 1. The van der Waals surface area contributed by atoms with Crippen LogP contribution in [-0.4, -0.2) is 38.5 Å². The summed E-state index contributed by atoms with van der Waals surface area (Å²) in [5, 5.41) is 17.1. The molecule has 0 fully saturated rings. The molecule has 0 bridgehead atoms. The van der Waals surface area contributed by atoms with Gasteiger partial charge in [-0.1, -0.05) is 31.2 Å². The van der Waals surface area contributed by atoms with Gasteiger partial charge >= 0.3 is 6.18 Å². The molecule has 3 aromatic rings. The third-order valence-corrected chi connectivity index (χ3v) is 5.93. The molecule has 2 heterocycles. The molecule has 8 nitrogen and oxygen atoms in total. The number of alkyl halides is 3. The number of benzene rings is 1. The van der Waals surface area contributed by atoms with Crippen LogP contribution in [0.15, 0.2) is 36.7 Å². The zero-order valence-electron chi connectivity index (χ0n) is 23.2. The number of ether oxygens (including phenoxy) is 2. The number of hydrogen-bond donors (Lipinski definition) is 2. The van der Waals surface area contributed by atoms with Crippen molar-refractivity contribution in [3.8, 4) is 17.4 Å². The maximum Gasteiger partial charge on any atom is 0.423 e. The minimum absolute atomic E-state index is 0.0420. The lowest BCUT2D eigenvalue weighted by molar-refractivity contribution is -0.140. The van der Waals surface area contributed by atoms with Crippen LogP contribution in [0.2, 0.25) is 0 Å². The van der Waals surface area contributed by atoms with Crippen LogP contribution in [0.1, 0.15) is 80.3 Å². The minimum Gasteiger partial charge on any atom is -0.489 e. The average Bonchev–Trinajstić information content (AvgIpc) is 3.18. The standard InChI is InChI=1S/C28H35F3N4O4/c1-8-18-9-11-19(12-10-18)20(15-36)33-25(37)24-17(4)26(35(34-24)27(5,6)7)39-22-14-32-13-21(38-16(2)3)23(22)28(29,30)31/h9-14,16,20,36H,8,15H2,1-7H3,(H,33,37). The van der Waals surface area contributed by atoms with Gasteiger partial charge in [0.2, 0.25) is 5.88 Å². The number of hydrogen-bond acceptors (Lipinski definition) is 6. The van der Waals surface area contributed by atoms with Gasteiger partial charge in [0.05, 0.1) is 36.7 Å². The van der Waals surface area contributed by atoms with E-state index in [4.69, 9.17) is 9.47 Å².